The average molecular weight is 440 g/mol. The number of hydrogen-bond donors (Lipinski definition) is 0. The number of aryl methyl sites for hydroxylation is 1. The van der Waals surface area contributed by atoms with Crippen LogP contribution in [0.25, 0.3) is 22.2 Å². The zero-order chi connectivity index (χ0) is 13.4. The van der Waals surface area contributed by atoms with Crippen molar-refractivity contribution in [3.05, 3.63) is 53.9 Å². The van der Waals surface area contributed by atoms with Crippen LogP contribution < -0.4 is 0 Å². The maximum atomic E-state index is 10.7. The van der Waals surface area contributed by atoms with Crippen LogP contribution in [0, 0.1) is 6.92 Å². The molecular weight excluding hydrogens is 429 g/mol. The number of nitrogens with zero attached hydrogens (tertiary/aromatic N) is 2. The molecule has 0 unspecified atom stereocenters. The molecule has 2 aromatic carbocycles. The fraction of sp³-hybridized carbons (Fsp3) is 0.0667. The van der Waals surface area contributed by atoms with Gasteiger partial charge in [-0.3, -0.25) is 0 Å². The fourth-order valence-electron chi connectivity index (χ4n) is 2.29. The van der Waals surface area contributed by atoms with E-state index in [1.165, 1.54) is 16.6 Å². The van der Waals surface area contributed by atoms with Gasteiger partial charge in [-0.2, -0.15) is 0 Å². The predicted molar refractivity (Wildman–Crippen MR) is 76.4 cm³/mol. The summed E-state index contributed by atoms with van der Waals surface area (Å²) in [6, 6.07) is 11.9. The van der Waals surface area contributed by atoms with Crippen molar-refractivity contribution in [2.24, 2.45) is 0 Å². The summed E-state index contributed by atoms with van der Waals surface area (Å²) in [7, 11) is 0. The summed E-state index contributed by atoms with van der Waals surface area (Å²) in [5.41, 5.74) is 6.46. The van der Waals surface area contributed by atoms with Crippen molar-refractivity contribution in [3.8, 4) is 11.1 Å². The van der Waals surface area contributed by atoms with Crippen molar-refractivity contribution in [3.63, 3.8) is 0 Å². The van der Waals surface area contributed by atoms with Gasteiger partial charge in [0.15, 0.2) is 0 Å². The molecule has 0 fully saturated rings. The van der Waals surface area contributed by atoms with Gasteiger partial charge in [0.2, 0.25) is 0 Å². The van der Waals surface area contributed by atoms with E-state index in [4.69, 9.17) is 0 Å². The number of aldehydes is 1. The zero-order valence-electron chi connectivity index (χ0n) is 10.5. The molecule has 0 atom stereocenters. The van der Waals surface area contributed by atoms with Crippen LogP contribution in [0.3, 0.4) is 0 Å². The Balaban J connectivity index is 2.18. The molecule has 0 aliphatic heterocycles. The van der Waals surface area contributed by atoms with E-state index in [9.17, 15) is 4.79 Å². The average Bonchev–Trinajstić information content (AvgIpc) is 2.82. The normalized spacial score (nSPS) is 10.7. The molecule has 19 heavy (non-hydrogen) atoms. The topological polar surface area (TPSA) is 34.9 Å². The van der Waals surface area contributed by atoms with Gasteiger partial charge < -0.3 is 0 Å². The van der Waals surface area contributed by atoms with Crippen molar-refractivity contribution in [1.82, 2.24) is 7.36 Å². The number of carbonyl (C=O) groups is 1. The zero-order valence-corrected chi connectivity index (χ0v) is 15.0. The van der Waals surface area contributed by atoms with Crippen LogP contribution >= 0.6 is 0 Å². The molecule has 3 aromatic rings. The van der Waals surface area contributed by atoms with Gasteiger partial charge in [0.1, 0.15) is 0 Å². The molecule has 1 aromatic heterocycles. The van der Waals surface area contributed by atoms with Gasteiger partial charge in [-0.25, -0.2) is 0 Å². The van der Waals surface area contributed by atoms with Crippen LogP contribution in [-0.4, -0.2) is 39.7 Å². The van der Waals surface area contributed by atoms with E-state index in [1.54, 1.807) is 0 Å². The Labute approximate surface area is 127 Å². The van der Waals surface area contributed by atoms with E-state index in [0.717, 1.165) is 43.4 Å². The molecule has 0 bridgehead atoms. The molecular formula is C15H11N2OTl. The summed E-state index contributed by atoms with van der Waals surface area (Å²) in [5.74, 6) is 0. The first-order valence-electron chi connectivity index (χ1n) is 5.98. The number of imidazole rings is 1. The SMILES string of the molecule is Cc1c(-c2ccc(C=O)cc2)ccc2c1nc[n]2[Tl]. The Morgan fingerprint density at radius 3 is 2.58 bits per heavy atom. The van der Waals surface area contributed by atoms with E-state index in [-0.39, 0.29) is 0 Å². The van der Waals surface area contributed by atoms with Crippen LogP contribution in [0.15, 0.2) is 42.7 Å². The first-order valence-corrected chi connectivity index (χ1v) is 7.99. The molecule has 90 valence electrons. The van der Waals surface area contributed by atoms with Crippen LogP contribution in [0.4, 0.5) is 0 Å². The summed E-state index contributed by atoms with van der Waals surface area (Å²) in [5, 5.41) is 0. The summed E-state index contributed by atoms with van der Waals surface area (Å²) < 4.78 is 2.18. The second kappa shape index (κ2) is 4.88. The van der Waals surface area contributed by atoms with Crippen LogP contribution in [0.5, 0.6) is 0 Å². The fourth-order valence-corrected chi connectivity index (χ4v) is 3.36. The van der Waals surface area contributed by atoms with Crippen LogP contribution in [0.2, 0.25) is 0 Å². The second-order valence-corrected chi connectivity index (χ2v) is 6.66. The van der Waals surface area contributed by atoms with Crippen molar-refractivity contribution < 1.29 is 4.79 Å². The Morgan fingerprint density at radius 1 is 1.16 bits per heavy atom. The summed E-state index contributed by atoms with van der Waals surface area (Å²) in [6.45, 7) is 2.10. The maximum absolute atomic E-state index is 10.7. The molecule has 0 amide bonds. The number of hydrogen-bond acceptors (Lipinski definition) is 2. The molecule has 0 N–H and O–H groups in total. The molecule has 0 aliphatic rings. The van der Waals surface area contributed by atoms with Gasteiger partial charge in [0, 0.05) is 0 Å². The monoisotopic (exact) mass is 440 g/mol. The quantitative estimate of drug-likeness (QED) is 0.455. The third kappa shape index (κ3) is 2.12. The van der Waals surface area contributed by atoms with Crippen LogP contribution in [0.1, 0.15) is 15.9 Å². The van der Waals surface area contributed by atoms with Gasteiger partial charge in [0.05, 0.1) is 0 Å². The molecule has 3 rings (SSSR count). The third-order valence-electron chi connectivity index (χ3n) is 3.36. The first kappa shape index (κ1) is 12.5. The Bertz CT molecular complexity index is 760. The van der Waals surface area contributed by atoms with E-state index in [2.05, 4.69) is 26.4 Å². The minimum absolute atomic E-state index is 0.701. The van der Waals surface area contributed by atoms with Gasteiger partial charge in [0.25, 0.3) is 0 Å². The Hall–Kier alpha value is -1.50. The molecule has 3 nitrogen and oxygen atoms in total. The number of benzene rings is 2. The molecule has 4 heteroatoms. The van der Waals surface area contributed by atoms with Crippen LogP contribution in [-0.2, 0) is 0 Å². The Morgan fingerprint density at radius 2 is 1.89 bits per heavy atom. The van der Waals surface area contributed by atoms with Gasteiger partial charge >= 0.3 is 127 Å². The van der Waals surface area contributed by atoms with Gasteiger partial charge in [-0.1, -0.05) is 0 Å². The summed E-state index contributed by atoms with van der Waals surface area (Å²) >= 11 is 0.729. The second-order valence-electron chi connectivity index (χ2n) is 4.50. The molecule has 0 radical (unpaired) electrons. The number of aromatic nitrogens is 2. The minimum atomic E-state index is 0.701. The predicted octanol–water partition coefficient (Wildman–Crippen LogP) is 2.76. The van der Waals surface area contributed by atoms with E-state index in [0.29, 0.717) is 5.56 Å². The van der Waals surface area contributed by atoms with Crippen molar-refractivity contribution >= 4 is 43.4 Å². The number of fused-ring (bicyclic) bond motifs is 1. The van der Waals surface area contributed by atoms with Crippen molar-refractivity contribution in [2.75, 3.05) is 0 Å². The standard InChI is InChI=1S/C15H12N2O.Tl/c1-10-13(6-7-14-15(10)17-9-16-14)12-4-2-11(8-18)3-5-12;/h2-9H,1H3,(H,16,17,18);/q;+1/p-1. The molecule has 1 heterocycles. The third-order valence-corrected chi connectivity index (χ3v) is 4.96. The Kier molecular flexibility index (Phi) is 3.22. The van der Waals surface area contributed by atoms with Crippen molar-refractivity contribution in [2.45, 2.75) is 6.92 Å². The van der Waals surface area contributed by atoms with E-state index < -0.39 is 0 Å². The van der Waals surface area contributed by atoms with Crippen molar-refractivity contribution in [1.29, 1.82) is 0 Å². The number of rotatable bonds is 2. The molecule has 0 aliphatic carbocycles. The van der Waals surface area contributed by atoms with E-state index >= 15 is 0 Å². The molecule has 0 saturated heterocycles. The summed E-state index contributed by atoms with van der Waals surface area (Å²) in [6.07, 6.45) is 2.77. The first-order chi connectivity index (χ1) is 9.20. The molecule has 0 spiro atoms. The van der Waals surface area contributed by atoms with Gasteiger partial charge in [-0.05, 0) is 0 Å². The summed E-state index contributed by atoms with van der Waals surface area (Å²) in [4.78, 5) is 15.2. The van der Waals surface area contributed by atoms with E-state index in [1.807, 2.05) is 30.6 Å². The van der Waals surface area contributed by atoms with Gasteiger partial charge in [-0.15, -0.1) is 0 Å². The number of carbonyl (C=O) groups excluding carboxylic acids is 1. The molecule has 0 saturated carbocycles.